The lowest BCUT2D eigenvalue weighted by Crippen LogP contribution is -2.20. The first-order valence-electron chi connectivity index (χ1n) is 7.99. The zero-order valence-electron chi connectivity index (χ0n) is 14.3. The van der Waals surface area contributed by atoms with Gasteiger partial charge >= 0.3 is 0 Å². The summed E-state index contributed by atoms with van der Waals surface area (Å²) in [6.07, 6.45) is 3.92. The number of hydrogen-bond donors (Lipinski definition) is 2. The van der Waals surface area contributed by atoms with E-state index >= 15 is 0 Å². The minimum absolute atomic E-state index is 0.260. The fraction of sp³-hybridized carbons (Fsp3) is 0.150. The summed E-state index contributed by atoms with van der Waals surface area (Å²) in [6, 6.07) is 11.6. The van der Waals surface area contributed by atoms with Crippen molar-refractivity contribution >= 4 is 32.7 Å². The van der Waals surface area contributed by atoms with Crippen LogP contribution in [0.25, 0.3) is 27.1 Å². The Morgan fingerprint density at radius 2 is 1.68 bits per heavy atom. The number of rotatable bonds is 3. The Morgan fingerprint density at radius 1 is 0.920 bits per heavy atom. The lowest BCUT2D eigenvalue weighted by atomic mass is 10.1. The van der Waals surface area contributed by atoms with Gasteiger partial charge < -0.3 is 19.9 Å². The molecule has 0 spiro atoms. The number of nitrogens with one attached hydrogen (secondary N) is 1. The van der Waals surface area contributed by atoms with Crippen molar-refractivity contribution in [3.05, 3.63) is 48.8 Å². The summed E-state index contributed by atoms with van der Waals surface area (Å²) in [7, 11) is 5.14. The Hall–Kier alpha value is -3.21. The second kappa shape index (κ2) is 5.70. The van der Waals surface area contributed by atoms with Gasteiger partial charge in [-0.2, -0.15) is 4.40 Å². The van der Waals surface area contributed by atoms with E-state index in [1.54, 1.807) is 20.3 Å². The molecule has 4 rings (SSSR count). The molecule has 0 saturated carbocycles. The van der Waals surface area contributed by atoms with E-state index in [4.69, 9.17) is 9.47 Å². The molecule has 25 heavy (non-hydrogen) atoms. The van der Waals surface area contributed by atoms with Crippen LogP contribution in [0.3, 0.4) is 0 Å². The number of anilines is 1. The molecule has 0 amide bonds. The van der Waals surface area contributed by atoms with Crippen LogP contribution < -0.4 is 19.2 Å². The Labute approximate surface area is 145 Å². The molecule has 2 aromatic carbocycles. The van der Waals surface area contributed by atoms with Crippen LogP contribution in [0.1, 0.15) is 0 Å². The number of hydrogen-bond acceptors (Lipinski definition) is 4. The lowest BCUT2D eigenvalue weighted by molar-refractivity contribution is -0.509. The molecule has 4 aromatic rings. The molecular formula is C20H19N2O3+. The number of ether oxygens (including phenoxy) is 2. The van der Waals surface area contributed by atoms with Crippen molar-refractivity contribution < 1.29 is 19.0 Å². The quantitative estimate of drug-likeness (QED) is 0.260. The molecule has 0 atom stereocenters. The summed E-state index contributed by atoms with van der Waals surface area (Å²) in [5.74, 6) is 1.65. The molecule has 0 aliphatic heterocycles. The van der Waals surface area contributed by atoms with E-state index in [1.807, 2.05) is 48.1 Å². The number of methoxy groups -OCH3 is 2. The molecule has 2 aromatic heterocycles. The number of benzene rings is 2. The molecule has 2 heterocycles. The van der Waals surface area contributed by atoms with Gasteiger partial charge in [-0.15, -0.1) is 0 Å². The van der Waals surface area contributed by atoms with Crippen LogP contribution in [0.4, 0.5) is 5.69 Å². The normalized spacial score (nSPS) is 11.2. The van der Waals surface area contributed by atoms with E-state index in [0.717, 1.165) is 32.7 Å². The molecule has 0 fully saturated rings. The van der Waals surface area contributed by atoms with Crippen molar-refractivity contribution in [2.75, 3.05) is 26.6 Å². The molecule has 2 N–H and O–H groups in total. The van der Waals surface area contributed by atoms with Crippen LogP contribution in [0.5, 0.6) is 17.2 Å². The number of phenols is 1. The van der Waals surface area contributed by atoms with E-state index in [0.29, 0.717) is 11.5 Å². The largest absolute Gasteiger partial charge is 0.507 e. The van der Waals surface area contributed by atoms with Crippen molar-refractivity contribution in [2.24, 2.45) is 0 Å². The average Bonchev–Trinajstić information content (AvgIpc) is 2.66. The Morgan fingerprint density at radius 3 is 2.40 bits per heavy atom. The van der Waals surface area contributed by atoms with Gasteiger partial charge in [-0.05, 0) is 29.7 Å². The van der Waals surface area contributed by atoms with Gasteiger partial charge in [-0.3, -0.25) is 0 Å². The second-order valence-electron chi connectivity index (χ2n) is 5.89. The van der Waals surface area contributed by atoms with Gasteiger partial charge in [-0.1, -0.05) is 0 Å². The van der Waals surface area contributed by atoms with Crippen LogP contribution in [0.2, 0.25) is 0 Å². The highest BCUT2D eigenvalue weighted by molar-refractivity contribution is 6.03. The minimum Gasteiger partial charge on any atom is -0.507 e. The van der Waals surface area contributed by atoms with Crippen molar-refractivity contribution in [3.63, 3.8) is 0 Å². The summed E-state index contributed by atoms with van der Waals surface area (Å²) >= 11 is 0. The molecule has 0 bridgehead atoms. The van der Waals surface area contributed by atoms with Gasteiger partial charge in [0.25, 0.3) is 0 Å². The van der Waals surface area contributed by atoms with Gasteiger partial charge in [-0.25, -0.2) is 0 Å². The fourth-order valence-electron chi connectivity index (χ4n) is 3.31. The number of aromatic nitrogens is 1. The van der Waals surface area contributed by atoms with Gasteiger partial charge in [0, 0.05) is 30.3 Å². The number of aromatic hydroxyl groups is 1. The number of pyridine rings is 2. The van der Waals surface area contributed by atoms with E-state index in [9.17, 15) is 5.11 Å². The summed E-state index contributed by atoms with van der Waals surface area (Å²) in [5.41, 5.74) is 1.99. The number of phenolic OH excluding ortho intramolecular Hbond substituents is 1. The molecular weight excluding hydrogens is 316 g/mol. The number of fused-ring (bicyclic) bond motifs is 4. The molecule has 5 heteroatoms. The van der Waals surface area contributed by atoms with Gasteiger partial charge in [0.05, 0.1) is 25.0 Å². The minimum atomic E-state index is 0.260. The van der Waals surface area contributed by atoms with Crippen LogP contribution in [0, 0.1) is 0 Å². The first kappa shape index (κ1) is 15.3. The molecule has 0 aliphatic carbocycles. The first-order chi connectivity index (χ1) is 12.2. The first-order valence-corrected chi connectivity index (χ1v) is 7.99. The molecule has 0 radical (unpaired) electrons. The summed E-state index contributed by atoms with van der Waals surface area (Å²) < 4.78 is 12.9. The third kappa shape index (κ3) is 2.28. The monoisotopic (exact) mass is 335 g/mol. The van der Waals surface area contributed by atoms with Crippen LogP contribution in [0.15, 0.2) is 48.8 Å². The Bertz CT molecular complexity index is 1120. The highest BCUT2D eigenvalue weighted by atomic mass is 16.5. The maximum Gasteiger partial charge on any atom is 0.219 e. The molecule has 0 aliphatic rings. The SMILES string of the molecule is CNc1ccc(O)c2c[n+]3ccc4cc(OC)c(OC)cc4c3cc12. The maximum absolute atomic E-state index is 10.2. The van der Waals surface area contributed by atoms with Gasteiger partial charge in [0.2, 0.25) is 5.52 Å². The summed E-state index contributed by atoms with van der Waals surface area (Å²) in [5, 5.41) is 17.3. The van der Waals surface area contributed by atoms with E-state index < -0.39 is 0 Å². The van der Waals surface area contributed by atoms with Crippen LogP contribution >= 0.6 is 0 Å². The number of nitrogens with zero attached hydrogens (tertiary/aromatic N) is 1. The van der Waals surface area contributed by atoms with E-state index in [1.165, 1.54) is 0 Å². The predicted octanol–water partition coefficient (Wildman–Crippen LogP) is 3.50. The third-order valence-corrected chi connectivity index (χ3v) is 4.61. The Balaban J connectivity index is 2.16. The topological polar surface area (TPSA) is 54.8 Å². The second-order valence-corrected chi connectivity index (χ2v) is 5.89. The van der Waals surface area contributed by atoms with Gasteiger partial charge in [0.15, 0.2) is 23.9 Å². The lowest BCUT2D eigenvalue weighted by Gasteiger charge is -2.10. The molecule has 0 unspecified atom stereocenters. The molecule has 5 nitrogen and oxygen atoms in total. The smallest absolute Gasteiger partial charge is 0.219 e. The highest BCUT2D eigenvalue weighted by Gasteiger charge is 2.16. The highest BCUT2D eigenvalue weighted by Crippen LogP contribution is 2.35. The van der Waals surface area contributed by atoms with Crippen LogP contribution in [-0.4, -0.2) is 26.4 Å². The molecule has 0 saturated heterocycles. The third-order valence-electron chi connectivity index (χ3n) is 4.61. The maximum atomic E-state index is 10.2. The van der Waals surface area contributed by atoms with E-state index in [-0.39, 0.29) is 5.75 Å². The van der Waals surface area contributed by atoms with Crippen molar-refractivity contribution in [2.45, 2.75) is 0 Å². The zero-order valence-corrected chi connectivity index (χ0v) is 14.3. The van der Waals surface area contributed by atoms with Crippen molar-refractivity contribution in [3.8, 4) is 17.2 Å². The summed E-state index contributed by atoms with van der Waals surface area (Å²) in [6.45, 7) is 0. The van der Waals surface area contributed by atoms with Crippen molar-refractivity contribution in [1.29, 1.82) is 0 Å². The average molecular weight is 335 g/mol. The standard InChI is InChI=1S/C20H18N2O3/c1-21-16-4-5-18(23)15-11-22-7-6-12-8-19(24-2)20(25-3)10-13(12)17(22)9-14(15)16/h4-11,21H,1-3H3/p+1. The fourth-order valence-corrected chi connectivity index (χ4v) is 3.31. The van der Waals surface area contributed by atoms with Crippen LogP contribution in [-0.2, 0) is 0 Å². The zero-order chi connectivity index (χ0) is 17.6. The van der Waals surface area contributed by atoms with E-state index in [2.05, 4.69) is 11.4 Å². The molecule has 126 valence electrons. The summed E-state index contributed by atoms with van der Waals surface area (Å²) in [4.78, 5) is 0. The van der Waals surface area contributed by atoms with Crippen molar-refractivity contribution in [1.82, 2.24) is 0 Å². The van der Waals surface area contributed by atoms with Gasteiger partial charge in [0.1, 0.15) is 5.75 Å². The predicted molar refractivity (Wildman–Crippen MR) is 98.9 cm³/mol. The Kier molecular flexibility index (Phi) is 3.50.